The molecule has 5 heteroatoms. The first-order valence-corrected chi connectivity index (χ1v) is 5.37. The van der Waals surface area contributed by atoms with Crippen molar-refractivity contribution in [2.75, 3.05) is 12.8 Å². The van der Waals surface area contributed by atoms with E-state index in [9.17, 15) is 4.79 Å². The predicted molar refractivity (Wildman–Crippen MR) is 67.0 cm³/mol. The second kappa shape index (κ2) is 4.51. The third kappa shape index (κ3) is 2.26. The molecular formula is C12H11ClN2O2. The Hall–Kier alpha value is -1.94. The van der Waals surface area contributed by atoms with Crippen molar-refractivity contribution in [1.29, 1.82) is 0 Å². The molecule has 2 rings (SSSR count). The molecule has 0 unspecified atom stereocenters. The second-order valence-electron chi connectivity index (χ2n) is 3.48. The Bertz CT molecular complexity index is 563. The lowest BCUT2D eigenvalue weighted by Gasteiger charge is -2.01. The van der Waals surface area contributed by atoms with Crippen LogP contribution in [0.25, 0.3) is 11.3 Å². The number of hydrogen-bond acceptors (Lipinski definition) is 3. The van der Waals surface area contributed by atoms with E-state index in [2.05, 4.69) is 5.32 Å². The lowest BCUT2D eigenvalue weighted by atomic mass is 10.1. The first-order valence-electron chi connectivity index (χ1n) is 4.99. The quantitative estimate of drug-likeness (QED) is 0.805. The van der Waals surface area contributed by atoms with E-state index in [0.29, 0.717) is 22.0 Å². The van der Waals surface area contributed by atoms with Gasteiger partial charge in [0.05, 0.1) is 5.02 Å². The van der Waals surface area contributed by atoms with Crippen LogP contribution in [0.4, 0.5) is 5.69 Å². The molecule has 1 amide bonds. The maximum atomic E-state index is 11.3. The fourth-order valence-electron chi connectivity index (χ4n) is 1.46. The molecule has 0 fully saturated rings. The highest BCUT2D eigenvalue weighted by Crippen LogP contribution is 2.30. The average molecular weight is 251 g/mol. The number of anilines is 1. The fourth-order valence-corrected chi connectivity index (χ4v) is 1.74. The molecule has 0 spiro atoms. The van der Waals surface area contributed by atoms with Crippen molar-refractivity contribution in [1.82, 2.24) is 5.32 Å². The summed E-state index contributed by atoms with van der Waals surface area (Å²) >= 11 is 6.05. The van der Waals surface area contributed by atoms with E-state index in [1.807, 2.05) is 0 Å². The molecule has 0 aliphatic heterocycles. The summed E-state index contributed by atoms with van der Waals surface area (Å²) in [5.74, 6) is 0.506. The van der Waals surface area contributed by atoms with Gasteiger partial charge in [-0.05, 0) is 30.3 Å². The Balaban J connectivity index is 2.40. The fraction of sp³-hybridized carbons (Fsp3) is 0.0833. The van der Waals surface area contributed by atoms with Crippen molar-refractivity contribution in [3.8, 4) is 11.3 Å². The van der Waals surface area contributed by atoms with Crippen LogP contribution in [0, 0.1) is 0 Å². The number of furan rings is 1. The minimum Gasteiger partial charge on any atom is -0.451 e. The van der Waals surface area contributed by atoms with E-state index in [1.165, 1.54) is 0 Å². The van der Waals surface area contributed by atoms with E-state index >= 15 is 0 Å². The van der Waals surface area contributed by atoms with E-state index < -0.39 is 0 Å². The first kappa shape index (κ1) is 11.5. The summed E-state index contributed by atoms with van der Waals surface area (Å²) in [6, 6.07) is 8.41. The SMILES string of the molecule is CNC(=O)c1ccc(-c2ccc(N)cc2Cl)o1. The van der Waals surface area contributed by atoms with Gasteiger partial charge in [0.2, 0.25) is 0 Å². The number of nitrogen functional groups attached to an aromatic ring is 1. The minimum atomic E-state index is -0.275. The molecule has 88 valence electrons. The summed E-state index contributed by atoms with van der Waals surface area (Å²) in [7, 11) is 1.54. The molecule has 0 aliphatic rings. The average Bonchev–Trinajstić information content (AvgIpc) is 2.77. The molecule has 1 heterocycles. The Morgan fingerprint density at radius 2 is 2.12 bits per heavy atom. The second-order valence-corrected chi connectivity index (χ2v) is 3.89. The van der Waals surface area contributed by atoms with Crippen LogP contribution >= 0.6 is 11.6 Å². The number of rotatable bonds is 2. The van der Waals surface area contributed by atoms with Crippen LogP contribution in [0.3, 0.4) is 0 Å². The normalized spacial score (nSPS) is 10.2. The molecule has 0 bridgehead atoms. The summed E-state index contributed by atoms with van der Waals surface area (Å²) in [4.78, 5) is 11.3. The molecule has 0 radical (unpaired) electrons. The highest BCUT2D eigenvalue weighted by atomic mass is 35.5. The van der Waals surface area contributed by atoms with E-state index in [-0.39, 0.29) is 11.7 Å². The van der Waals surface area contributed by atoms with Gasteiger partial charge in [-0.25, -0.2) is 0 Å². The standard InChI is InChI=1S/C12H11ClN2O2/c1-15-12(16)11-5-4-10(17-11)8-3-2-7(14)6-9(8)13/h2-6H,14H2,1H3,(H,15,16). The van der Waals surface area contributed by atoms with Gasteiger partial charge in [0, 0.05) is 18.3 Å². The molecule has 1 aromatic heterocycles. The maximum absolute atomic E-state index is 11.3. The zero-order chi connectivity index (χ0) is 12.4. The van der Waals surface area contributed by atoms with Gasteiger partial charge in [0.1, 0.15) is 5.76 Å². The Morgan fingerprint density at radius 1 is 1.35 bits per heavy atom. The summed E-state index contributed by atoms with van der Waals surface area (Å²) in [5.41, 5.74) is 6.89. The smallest absolute Gasteiger partial charge is 0.286 e. The lowest BCUT2D eigenvalue weighted by Crippen LogP contribution is -2.16. The van der Waals surface area contributed by atoms with Crippen LogP contribution in [0.2, 0.25) is 5.02 Å². The van der Waals surface area contributed by atoms with Crippen LogP contribution in [0.15, 0.2) is 34.7 Å². The topological polar surface area (TPSA) is 68.3 Å². The number of nitrogens with two attached hydrogens (primary N) is 1. The zero-order valence-corrected chi connectivity index (χ0v) is 9.91. The molecule has 2 aromatic rings. The van der Waals surface area contributed by atoms with E-state index in [0.717, 1.165) is 0 Å². The molecule has 0 atom stereocenters. The van der Waals surface area contributed by atoms with Gasteiger partial charge in [-0.15, -0.1) is 0 Å². The van der Waals surface area contributed by atoms with Crippen molar-refractivity contribution in [3.05, 3.63) is 41.1 Å². The minimum absolute atomic E-state index is 0.246. The molecule has 17 heavy (non-hydrogen) atoms. The van der Waals surface area contributed by atoms with Crippen molar-refractivity contribution in [2.24, 2.45) is 0 Å². The first-order chi connectivity index (χ1) is 8.11. The van der Waals surface area contributed by atoms with E-state index in [1.54, 1.807) is 37.4 Å². The molecular weight excluding hydrogens is 240 g/mol. The van der Waals surface area contributed by atoms with Crippen molar-refractivity contribution >= 4 is 23.2 Å². The summed E-state index contributed by atoms with van der Waals surface area (Å²) in [5, 5.41) is 2.97. The number of hydrogen-bond donors (Lipinski definition) is 2. The van der Waals surface area contributed by atoms with Crippen LogP contribution < -0.4 is 11.1 Å². The highest BCUT2D eigenvalue weighted by Gasteiger charge is 2.12. The summed E-state index contributed by atoms with van der Waals surface area (Å²) < 4.78 is 5.41. The molecule has 0 saturated carbocycles. The number of nitrogens with one attached hydrogen (secondary N) is 1. The van der Waals surface area contributed by atoms with E-state index in [4.69, 9.17) is 21.8 Å². The zero-order valence-electron chi connectivity index (χ0n) is 9.16. The monoisotopic (exact) mass is 250 g/mol. The van der Waals surface area contributed by atoms with Gasteiger partial charge >= 0.3 is 0 Å². The van der Waals surface area contributed by atoms with Crippen molar-refractivity contribution in [2.45, 2.75) is 0 Å². The highest BCUT2D eigenvalue weighted by molar-refractivity contribution is 6.33. The lowest BCUT2D eigenvalue weighted by molar-refractivity contribution is 0.0936. The van der Waals surface area contributed by atoms with Crippen LogP contribution in [0.5, 0.6) is 0 Å². The van der Waals surface area contributed by atoms with Gasteiger partial charge in [-0.1, -0.05) is 11.6 Å². The summed E-state index contributed by atoms with van der Waals surface area (Å²) in [6.07, 6.45) is 0. The van der Waals surface area contributed by atoms with Crippen LogP contribution in [0.1, 0.15) is 10.6 Å². The Labute approximate surface area is 103 Å². The van der Waals surface area contributed by atoms with Gasteiger partial charge in [0.15, 0.2) is 5.76 Å². The maximum Gasteiger partial charge on any atom is 0.286 e. The summed E-state index contributed by atoms with van der Waals surface area (Å²) in [6.45, 7) is 0. The van der Waals surface area contributed by atoms with Gasteiger partial charge in [-0.3, -0.25) is 4.79 Å². The number of benzene rings is 1. The Kier molecular flexibility index (Phi) is 3.06. The molecule has 3 N–H and O–H groups in total. The molecule has 0 aliphatic carbocycles. The van der Waals surface area contributed by atoms with Gasteiger partial charge < -0.3 is 15.5 Å². The van der Waals surface area contributed by atoms with Gasteiger partial charge in [-0.2, -0.15) is 0 Å². The van der Waals surface area contributed by atoms with Crippen molar-refractivity contribution in [3.63, 3.8) is 0 Å². The molecule has 0 saturated heterocycles. The predicted octanol–water partition coefficient (Wildman–Crippen LogP) is 2.54. The van der Waals surface area contributed by atoms with Crippen LogP contribution in [-0.4, -0.2) is 13.0 Å². The number of carbonyl (C=O) groups is 1. The third-order valence-electron chi connectivity index (χ3n) is 2.32. The molecule has 1 aromatic carbocycles. The number of halogens is 1. The Morgan fingerprint density at radius 3 is 2.76 bits per heavy atom. The number of amides is 1. The van der Waals surface area contributed by atoms with Crippen molar-refractivity contribution < 1.29 is 9.21 Å². The molecule has 4 nitrogen and oxygen atoms in total. The largest absolute Gasteiger partial charge is 0.451 e. The number of carbonyl (C=O) groups excluding carboxylic acids is 1. The third-order valence-corrected chi connectivity index (χ3v) is 2.63. The van der Waals surface area contributed by atoms with Crippen LogP contribution in [-0.2, 0) is 0 Å². The van der Waals surface area contributed by atoms with Gasteiger partial charge in [0.25, 0.3) is 5.91 Å².